The monoisotopic (exact) mass is 266 g/mol. The van der Waals surface area contributed by atoms with Gasteiger partial charge in [0.1, 0.15) is 5.60 Å². The van der Waals surface area contributed by atoms with Crippen molar-refractivity contribution < 1.29 is 9.53 Å². The van der Waals surface area contributed by atoms with Crippen LogP contribution >= 0.6 is 11.8 Å². The zero-order valence-corrected chi connectivity index (χ0v) is 12.6. The summed E-state index contributed by atoms with van der Waals surface area (Å²) >= 11 is 1.52. The van der Waals surface area contributed by atoms with Gasteiger partial charge in [-0.3, -0.25) is 4.79 Å². The van der Waals surface area contributed by atoms with Gasteiger partial charge in [-0.25, -0.2) is 0 Å². The molecule has 0 N–H and O–H groups in total. The van der Waals surface area contributed by atoms with Crippen molar-refractivity contribution in [3.8, 4) is 0 Å². The Labute approximate surface area is 114 Å². The number of carbonyl (C=O) groups excluding carboxylic acids is 1. The van der Waals surface area contributed by atoms with Gasteiger partial charge in [0.05, 0.1) is 5.75 Å². The molecule has 3 heteroatoms. The maximum atomic E-state index is 11.6. The van der Waals surface area contributed by atoms with Gasteiger partial charge in [0.2, 0.25) is 0 Å². The first-order valence-electron chi connectivity index (χ1n) is 6.22. The van der Waals surface area contributed by atoms with E-state index in [9.17, 15) is 4.79 Å². The Hall–Kier alpha value is -0.960. The summed E-state index contributed by atoms with van der Waals surface area (Å²) in [4.78, 5) is 12.7. The minimum absolute atomic E-state index is 0.166. The molecule has 0 fully saturated rings. The minimum atomic E-state index is -0.404. The molecule has 0 saturated heterocycles. The summed E-state index contributed by atoms with van der Waals surface area (Å²) in [5.74, 6) is 0.730. The van der Waals surface area contributed by atoms with E-state index in [-0.39, 0.29) is 5.97 Å². The SMILES string of the molecule is CC(C)c1ccc(SCC(=O)OC(C)(C)C)cc1. The normalized spacial score (nSPS) is 11.7. The van der Waals surface area contributed by atoms with Gasteiger partial charge in [0.25, 0.3) is 0 Å². The van der Waals surface area contributed by atoms with Crippen LogP contribution in [0.25, 0.3) is 0 Å². The summed E-state index contributed by atoms with van der Waals surface area (Å²) < 4.78 is 5.26. The molecule has 2 nitrogen and oxygen atoms in total. The Morgan fingerprint density at radius 2 is 1.78 bits per heavy atom. The first-order valence-corrected chi connectivity index (χ1v) is 7.21. The van der Waals surface area contributed by atoms with E-state index in [0.29, 0.717) is 11.7 Å². The highest BCUT2D eigenvalue weighted by Gasteiger charge is 2.16. The summed E-state index contributed by atoms with van der Waals surface area (Å²) in [7, 11) is 0. The minimum Gasteiger partial charge on any atom is -0.459 e. The number of hydrogen-bond acceptors (Lipinski definition) is 3. The van der Waals surface area contributed by atoms with Crippen LogP contribution in [0.1, 0.15) is 46.1 Å². The molecule has 0 heterocycles. The molecule has 100 valence electrons. The molecule has 0 spiro atoms. The predicted molar refractivity (Wildman–Crippen MR) is 77.1 cm³/mol. The second-order valence-corrected chi connectivity index (χ2v) is 6.65. The third-order valence-corrected chi connectivity index (χ3v) is 3.31. The lowest BCUT2D eigenvalue weighted by atomic mass is 10.0. The second-order valence-electron chi connectivity index (χ2n) is 5.60. The number of carbonyl (C=O) groups is 1. The number of thioether (sulfide) groups is 1. The van der Waals surface area contributed by atoms with E-state index in [1.54, 1.807) is 0 Å². The van der Waals surface area contributed by atoms with Crippen LogP contribution in [0, 0.1) is 0 Å². The molecule has 0 unspecified atom stereocenters. The highest BCUT2D eigenvalue weighted by molar-refractivity contribution is 8.00. The lowest BCUT2D eigenvalue weighted by Gasteiger charge is -2.19. The van der Waals surface area contributed by atoms with E-state index in [0.717, 1.165) is 4.90 Å². The fraction of sp³-hybridized carbons (Fsp3) is 0.533. The Bertz CT molecular complexity index is 388. The average Bonchev–Trinajstić information content (AvgIpc) is 2.24. The molecule has 18 heavy (non-hydrogen) atoms. The van der Waals surface area contributed by atoms with E-state index in [1.807, 2.05) is 20.8 Å². The molecule has 1 aromatic rings. The van der Waals surface area contributed by atoms with E-state index in [4.69, 9.17) is 4.74 Å². The third kappa shape index (κ3) is 5.58. The fourth-order valence-corrected chi connectivity index (χ4v) is 2.13. The number of esters is 1. The van der Waals surface area contributed by atoms with Crippen molar-refractivity contribution in [1.82, 2.24) is 0 Å². The van der Waals surface area contributed by atoms with Gasteiger partial charge in [-0.1, -0.05) is 26.0 Å². The largest absolute Gasteiger partial charge is 0.459 e. The van der Waals surface area contributed by atoms with Crippen LogP contribution < -0.4 is 0 Å². The Morgan fingerprint density at radius 3 is 2.22 bits per heavy atom. The van der Waals surface area contributed by atoms with E-state index in [2.05, 4.69) is 38.1 Å². The van der Waals surface area contributed by atoms with Crippen molar-refractivity contribution in [2.24, 2.45) is 0 Å². The van der Waals surface area contributed by atoms with Crippen LogP contribution in [-0.4, -0.2) is 17.3 Å². The van der Waals surface area contributed by atoms with E-state index < -0.39 is 5.60 Å². The first-order chi connectivity index (χ1) is 8.28. The average molecular weight is 266 g/mol. The predicted octanol–water partition coefficient (Wildman–Crippen LogP) is 4.24. The number of hydrogen-bond donors (Lipinski definition) is 0. The fourth-order valence-electron chi connectivity index (χ4n) is 1.46. The Morgan fingerprint density at radius 1 is 1.22 bits per heavy atom. The Kier molecular flexibility index (Phi) is 5.27. The van der Waals surface area contributed by atoms with Crippen LogP contribution in [-0.2, 0) is 9.53 Å². The maximum Gasteiger partial charge on any atom is 0.316 e. The molecule has 0 radical (unpaired) electrons. The van der Waals surface area contributed by atoms with Gasteiger partial charge in [-0.05, 0) is 44.4 Å². The molecule has 0 aliphatic heterocycles. The molecule has 0 aliphatic carbocycles. The summed E-state index contributed by atoms with van der Waals surface area (Å²) in [5.41, 5.74) is 0.913. The summed E-state index contributed by atoms with van der Waals surface area (Å²) in [5, 5.41) is 0. The lowest BCUT2D eigenvalue weighted by Crippen LogP contribution is -2.24. The standard InChI is InChI=1S/C15H22O2S/c1-11(2)12-6-8-13(9-7-12)18-10-14(16)17-15(3,4)5/h6-9,11H,10H2,1-5H3. The van der Waals surface area contributed by atoms with Crippen LogP contribution in [0.5, 0.6) is 0 Å². The van der Waals surface area contributed by atoms with Gasteiger partial charge >= 0.3 is 5.97 Å². The molecular weight excluding hydrogens is 244 g/mol. The summed E-state index contributed by atoms with van der Waals surface area (Å²) in [6.45, 7) is 9.98. The molecule has 0 aliphatic rings. The van der Waals surface area contributed by atoms with Gasteiger partial charge in [-0.2, -0.15) is 0 Å². The molecule has 0 aromatic heterocycles. The highest BCUT2D eigenvalue weighted by Crippen LogP contribution is 2.22. The Balaban J connectivity index is 2.46. The van der Waals surface area contributed by atoms with E-state index >= 15 is 0 Å². The van der Waals surface area contributed by atoms with Crippen molar-refractivity contribution in [3.63, 3.8) is 0 Å². The summed E-state index contributed by atoms with van der Waals surface area (Å²) in [6.07, 6.45) is 0. The molecule has 0 atom stereocenters. The van der Waals surface area contributed by atoms with Crippen LogP contribution in [0.4, 0.5) is 0 Å². The van der Waals surface area contributed by atoms with Crippen LogP contribution in [0.3, 0.4) is 0 Å². The number of rotatable bonds is 4. The topological polar surface area (TPSA) is 26.3 Å². The molecule has 0 saturated carbocycles. The smallest absolute Gasteiger partial charge is 0.316 e. The van der Waals surface area contributed by atoms with Crippen molar-refractivity contribution in [1.29, 1.82) is 0 Å². The lowest BCUT2D eigenvalue weighted by molar-refractivity contribution is -0.151. The van der Waals surface area contributed by atoms with Crippen molar-refractivity contribution in [2.45, 2.75) is 51.0 Å². The van der Waals surface area contributed by atoms with Crippen molar-refractivity contribution in [3.05, 3.63) is 29.8 Å². The molecule has 0 bridgehead atoms. The van der Waals surface area contributed by atoms with Crippen LogP contribution in [0.2, 0.25) is 0 Å². The van der Waals surface area contributed by atoms with Gasteiger partial charge in [-0.15, -0.1) is 11.8 Å². The zero-order valence-electron chi connectivity index (χ0n) is 11.8. The number of benzene rings is 1. The van der Waals surface area contributed by atoms with Gasteiger partial charge in [0, 0.05) is 4.90 Å². The maximum absolute atomic E-state index is 11.6. The van der Waals surface area contributed by atoms with E-state index in [1.165, 1.54) is 17.3 Å². The quantitative estimate of drug-likeness (QED) is 0.602. The highest BCUT2D eigenvalue weighted by atomic mass is 32.2. The van der Waals surface area contributed by atoms with Gasteiger partial charge < -0.3 is 4.74 Å². The number of ether oxygens (including phenoxy) is 1. The molecule has 1 aromatic carbocycles. The summed E-state index contributed by atoms with van der Waals surface area (Å²) in [6, 6.07) is 8.35. The molecule has 0 amide bonds. The molecule has 1 rings (SSSR count). The van der Waals surface area contributed by atoms with Crippen LogP contribution in [0.15, 0.2) is 29.2 Å². The van der Waals surface area contributed by atoms with Gasteiger partial charge in [0.15, 0.2) is 0 Å². The third-order valence-electron chi connectivity index (χ3n) is 2.32. The van der Waals surface area contributed by atoms with Crippen molar-refractivity contribution >= 4 is 17.7 Å². The van der Waals surface area contributed by atoms with Crippen molar-refractivity contribution in [2.75, 3.05) is 5.75 Å². The second kappa shape index (κ2) is 6.28. The zero-order chi connectivity index (χ0) is 13.8. The molecular formula is C15H22O2S. The first kappa shape index (κ1) is 15.1.